The molecule has 5 heteroatoms. The van der Waals surface area contributed by atoms with Crippen molar-refractivity contribution in [3.05, 3.63) is 58.3 Å². The number of fused-ring (bicyclic) bond motifs is 1. The van der Waals surface area contributed by atoms with Crippen LogP contribution in [-0.4, -0.2) is 20.6 Å². The first-order valence-corrected chi connectivity index (χ1v) is 7.40. The fourth-order valence-corrected chi connectivity index (χ4v) is 2.86. The molecule has 0 aliphatic carbocycles. The minimum absolute atomic E-state index is 0.264. The number of aromatic nitrogens is 2. The molecule has 0 spiro atoms. The van der Waals surface area contributed by atoms with Crippen LogP contribution in [0.25, 0.3) is 16.7 Å². The van der Waals surface area contributed by atoms with Gasteiger partial charge in [-0.3, -0.25) is 4.57 Å². The summed E-state index contributed by atoms with van der Waals surface area (Å²) in [6.45, 7) is 2.01. The van der Waals surface area contributed by atoms with E-state index < -0.39 is 5.97 Å². The van der Waals surface area contributed by atoms with Crippen LogP contribution in [0.15, 0.2) is 46.9 Å². The number of benzene rings is 2. The Labute approximate surface area is 130 Å². The van der Waals surface area contributed by atoms with Crippen LogP contribution in [-0.2, 0) is 6.42 Å². The van der Waals surface area contributed by atoms with Crippen LogP contribution in [0.2, 0.25) is 0 Å². The van der Waals surface area contributed by atoms with Gasteiger partial charge in [0.1, 0.15) is 5.82 Å². The van der Waals surface area contributed by atoms with Crippen LogP contribution in [0.4, 0.5) is 0 Å². The summed E-state index contributed by atoms with van der Waals surface area (Å²) in [5.41, 5.74) is 2.50. The minimum atomic E-state index is -0.945. The van der Waals surface area contributed by atoms with Crippen molar-refractivity contribution in [1.82, 2.24) is 9.55 Å². The highest BCUT2D eigenvalue weighted by Crippen LogP contribution is 2.26. The summed E-state index contributed by atoms with van der Waals surface area (Å²) >= 11 is 3.46. The van der Waals surface area contributed by atoms with Gasteiger partial charge in [0.2, 0.25) is 0 Å². The summed E-state index contributed by atoms with van der Waals surface area (Å²) in [5.74, 6) is -0.101. The largest absolute Gasteiger partial charge is 0.478 e. The molecule has 0 atom stereocenters. The molecule has 0 aliphatic rings. The van der Waals surface area contributed by atoms with Gasteiger partial charge in [0.05, 0.1) is 16.6 Å². The molecule has 4 nitrogen and oxygen atoms in total. The molecule has 106 valence electrons. The van der Waals surface area contributed by atoms with Gasteiger partial charge in [0.15, 0.2) is 0 Å². The van der Waals surface area contributed by atoms with Crippen molar-refractivity contribution in [2.24, 2.45) is 0 Å². The Balaban J connectivity index is 2.42. The number of carbonyl (C=O) groups is 1. The number of halogens is 1. The molecule has 0 bridgehead atoms. The number of hydrogen-bond donors (Lipinski definition) is 1. The van der Waals surface area contributed by atoms with E-state index >= 15 is 0 Å². The maximum atomic E-state index is 11.5. The number of para-hydroxylation sites is 1. The molecule has 3 aromatic rings. The van der Waals surface area contributed by atoms with Gasteiger partial charge in [0.25, 0.3) is 0 Å². The first-order chi connectivity index (χ1) is 10.1. The van der Waals surface area contributed by atoms with Gasteiger partial charge in [-0.05, 0) is 30.3 Å². The highest BCUT2D eigenvalue weighted by molar-refractivity contribution is 9.10. The van der Waals surface area contributed by atoms with Gasteiger partial charge in [-0.25, -0.2) is 9.78 Å². The summed E-state index contributed by atoms with van der Waals surface area (Å²) in [6, 6.07) is 12.9. The van der Waals surface area contributed by atoms with E-state index in [9.17, 15) is 9.90 Å². The third-order valence-electron chi connectivity index (χ3n) is 3.36. The van der Waals surface area contributed by atoms with Crippen LogP contribution in [0, 0.1) is 0 Å². The molecule has 21 heavy (non-hydrogen) atoms. The van der Waals surface area contributed by atoms with Crippen molar-refractivity contribution in [3.8, 4) is 5.69 Å². The average molecular weight is 345 g/mol. The molecule has 0 radical (unpaired) electrons. The van der Waals surface area contributed by atoms with E-state index in [4.69, 9.17) is 0 Å². The third-order valence-corrected chi connectivity index (χ3v) is 3.85. The van der Waals surface area contributed by atoms with Crippen molar-refractivity contribution in [1.29, 1.82) is 0 Å². The average Bonchev–Trinajstić information content (AvgIpc) is 2.85. The number of rotatable bonds is 3. The van der Waals surface area contributed by atoms with Crippen LogP contribution in [0.3, 0.4) is 0 Å². The number of aryl methyl sites for hydroxylation is 1. The molecule has 1 N–H and O–H groups in total. The normalized spacial score (nSPS) is 11.0. The lowest BCUT2D eigenvalue weighted by molar-refractivity contribution is 0.0698. The molecule has 0 saturated heterocycles. The molecule has 0 fully saturated rings. The van der Waals surface area contributed by atoms with E-state index in [1.165, 1.54) is 0 Å². The van der Waals surface area contributed by atoms with Crippen LogP contribution < -0.4 is 0 Å². The predicted molar refractivity (Wildman–Crippen MR) is 85.1 cm³/mol. The van der Waals surface area contributed by atoms with E-state index in [1.807, 2.05) is 41.8 Å². The number of carboxylic acids is 1. The molecule has 2 aromatic carbocycles. The van der Waals surface area contributed by atoms with Crippen molar-refractivity contribution >= 4 is 32.9 Å². The Hall–Kier alpha value is -2.14. The van der Waals surface area contributed by atoms with Gasteiger partial charge < -0.3 is 5.11 Å². The SMILES string of the molecule is CCc1nc2cccc(C(=O)O)c2n1-c1cccc(Br)c1. The molecule has 0 amide bonds. The Bertz CT molecular complexity index is 839. The van der Waals surface area contributed by atoms with Crippen molar-refractivity contribution in [2.75, 3.05) is 0 Å². The van der Waals surface area contributed by atoms with E-state index in [1.54, 1.807) is 12.1 Å². The molecule has 0 saturated carbocycles. The molecule has 0 unspecified atom stereocenters. The maximum absolute atomic E-state index is 11.5. The minimum Gasteiger partial charge on any atom is -0.478 e. The van der Waals surface area contributed by atoms with Gasteiger partial charge in [-0.1, -0.05) is 35.0 Å². The Kier molecular flexibility index (Phi) is 3.51. The van der Waals surface area contributed by atoms with Crippen LogP contribution in [0.1, 0.15) is 23.1 Å². The number of carboxylic acid groups (broad SMARTS) is 1. The number of hydrogen-bond acceptors (Lipinski definition) is 2. The van der Waals surface area contributed by atoms with E-state index in [0.717, 1.165) is 22.4 Å². The second kappa shape index (κ2) is 5.33. The quantitative estimate of drug-likeness (QED) is 0.779. The lowest BCUT2D eigenvalue weighted by Crippen LogP contribution is -2.04. The second-order valence-corrected chi connectivity index (χ2v) is 5.59. The Morgan fingerprint density at radius 3 is 2.71 bits per heavy atom. The smallest absolute Gasteiger partial charge is 0.337 e. The lowest BCUT2D eigenvalue weighted by atomic mass is 10.1. The van der Waals surface area contributed by atoms with Gasteiger partial charge in [0, 0.05) is 16.6 Å². The topological polar surface area (TPSA) is 55.1 Å². The zero-order valence-corrected chi connectivity index (χ0v) is 13.0. The van der Waals surface area contributed by atoms with Crippen molar-refractivity contribution in [3.63, 3.8) is 0 Å². The van der Waals surface area contributed by atoms with E-state index in [2.05, 4.69) is 20.9 Å². The van der Waals surface area contributed by atoms with Crippen molar-refractivity contribution in [2.45, 2.75) is 13.3 Å². The van der Waals surface area contributed by atoms with Gasteiger partial charge >= 0.3 is 5.97 Å². The van der Waals surface area contributed by atoms with Crippen molar-refractivity contribution < 1.29 is 9.90 Å². The summed E-state index contributed by atoms with van der Waals surface area (Å²) in [6.07, 6.45) is 0.722. The standard InChI is InChI=1S/C16H13BrN2O2/c1-2-14-18-13-8-4-7-12(16(20)21)15(13)19(14)11-6-3-5-10(17)9-11/h3-9H,2H2,1H3,(H,20,21). The zero-order valence-electron chi connectivity index (χ0n) is 11.4. The summed E-state index contributed by atoms with van der Waals surface area (Å²) in [5, 5.41) is 9.44. The molecule has 0 aliphatic heterocycles. The zero-order chi connectivity index (χ0) is 15.0. The van der Waals surface area contributed by atoms with Crippen LogP contribution in [0.5, 0.6) is 0 Å². The fraction of sp³-hybridized carbons (Fsp3) is 0.125. The number of aromatic carboxylic acids is 1. The maximum Gasteiger partial charge on any atom is 0.337 e. The summed E-state index contributed by atoms with van der Waals surface area (Å²) < 4.78 is 2.86. The molecular formula is C16H13BrN2O2. The summed E-state index contributed by atoms with van der Waals surface area (Å²) in [4.78, 5) is 16.1. The lowest BCUT2D eigenvalue weighted by Gasteiger charge is -2.10. The first-order valence-electron chi connectivity index (χ1n) is 6.61. The van der Waals surface area contributed by atoms with E-state index in [-0.39, 0.29) is 5.56 Å². The fourth-order valence-electron chi connectivity index (χ4n) is 2.48. The highest BCUT2D eigenvalue weighted by atomic mass is 79.9. The summed E-state index contributed by atoms with van der Waals surface area (Å²) in [7, 11) is 0. The highest BCUT2D eigenvalue weighted by Gasteiger charge is 2.17. The third kappa shape index (κ3) is 2.34. The monoisotopic (exact) mass is 344 g/mol. The molecular weight excluding hydrogens is 332 g/mol. The first kappa shape index (κ1) is 13.8. The number of nitrogens with zero attached hydrogens (tertiary/aromatic N) is 2. The molecule has 3 rings (SSSR count). The van der Waals surface area contributed by atoms with Gasteiger partial charge in [-0.15, -0.1) is 0 Å². The Morgan fingerprint density at radius 1 is 1.29 bits per heavy atom. The number of imidazole rings is 1. The van der Waals surface area contributed by atoms with E-state index in [0.29, 0.717) is 11.0 Å². The van der Waals surface area contributed by atoms with Gasteiger partial charge in [-0.2, -0.15) is 0 Å². The molecule has 1 heterocycles. The Morgan fingerprint density at radius 2 is 2.05 bits per heavy atom. The molecule has 1 aromatic heterocycles. The predicted octanol–water partition coefficient (Wildman–Crippen LogP) is 4.05. The van der Waals surface area contributed by atoms with Crippen LogP contribution >= 0.6 is 15.9 Å². The second-order valence-electron chi connectivity index (χ2n) is 4.68.